The minimum Gasteiger partial charge on any atom is -0.369 e. The van der Waals surface area contributed by atoms with Gasteiger partial charge in [-0.2, -0.15) is 0 Å². The molecule has 0 radical (unpaired) electrons. The van der Waals surface area contributed by atoms with E-state index in [-0.39, 0.29) is 24.3 Å². The molecule has 0 bridgehead atoms. The SMILES string of the molecule is CC(C)Cn1cncc1CNC(=O)[C@H]1CCCN(CC(N)=O)C1. The molecule has 7 nitrogen and oxygen atoms in total. The van der Waals surface area contributed by atoms with Crippen molar-refractivity contribution in [2.45, 2.75) is 39.8 Å². The van der Waals surface area contributed by atoms with Crippen molar-refractivity contribution in [2.75, 3.05) is 19.6 Å². The van der Waals surface area contributed by atoms with Crippen LogP contribution >= 0.6 is 0 Å². The van der Waals surface area contributed by atoms with E-state index in [0.29, 0.717) is 19.0 Å². The molecular weight excluding hydrogens is 294 g/mol. The summed E-state index contributed by atoms with van der Waals surface area (Å²) in [7, 11) is 0. The van der Waals surface area contributed by atoms with E-state index in [1.807, 2.05) is 4.90 Å². The van der Waals surface area contributed by atoms with Gasteiger partial charge in [-0.25, -0.2) is 4.98 Å². The van der Waals surface area contributed by atoms with Crippen molar-refractivity contribution < 1.29 is 9.59 Å². The highest BCUT2D eigenvalue weighted by Crippen LogP contribution is 2.16. The predicted molar refractivity (Wildman–Crippen MR) is 87.3 cm³/mol. The van der Waals surface area contributed by atoms with Crippen molar-refractivity contribution in [2.24, 2.45) is 17.6 Å². The summed E-state index contributed by atoms with van der Waals surface area (Å²) < 4.78 is 2.07. The zero-order chi connectivity index (χ0) is 16.8. The summed E-state index contributed by atoms with van der Waals surface area (Å²) in [5.74, 6) is 0.143. The molecule has 1 saturated heterocycles. The van der Waals surface area contributed by atoms with Crippen LogP contribution in [0.4, 0.5) is 0 Å². The molecule has 0 aromatic carbocycles. The molecule has 23 heavy (non-hydrogen) atoms. The first-order valence-electron chi connectivity index (χ1n) is 8.23. The Kier molecular flexibility index (Phi) is 6.15. The molecule has 2 heterocycles. The number of rotatable bonds is 7. The third-order valence-electron chi connectivity index (χ3n) is 4.06. The fraction of sp³-hybridized carbons (Fsp3) is 0.688. The van der Waals surface area contributed by atoms with Gasteiger partial charge in [0, 0.05) is 19.3 Å². The minimum absolute atomic E-state index is 0.0384. The number of primary amides is 1. The first-order chi connectivity index (χ1) is 11.0. The van der Waals surface area contributed by atoms with Gasteiger partial charge in [-0.15, -0.1) is 0 Å². The number of hydrogen-bond donors (Lipinski definition) is 2. The Labute approximate surface area is 137 Å². The van der Waals surface area contributed by atoms with Crippen molar-refractivity contribution in [3.8, 4) is 0 Å². The number of imidazole rings is 1. The van der Waals surface area contributed by atoms with Gasteiger partial charge in [0.1, 0.15) is 0 Å². The number of amides is 2. The Morgan fingerprint density at radius 2 is 2.26 bits per heavy atom. The van der Waals surface area contributed by atoms with Gasteiger partial charge in [0.05, 0.1) is 31.0 Å². The van der Waals surface area contributed by atoms with Gasteiger partial charge >= 0.3 is 0 Å². The molecule has 1 fully saturated rings. The number of hydrogen-bond acceptors (Lipinski definition) is 4. The monoisotopic (exact) mass is 321 g/mol. The van der Waals surface area contributed by atoms with Crippen molar-refractivity contribution in [1.82, 2.24) is 19.8 Å². The van der Waals surface area contributed by atoms with Gasteiger partial charge in [0.25, 0.3) is 0 Å². The van der Waals surface area contributed by atoms with E-state index in [1.54, 1.807) is 12.5 Å². The van der Waals surface area contributed by atoms with Gasteiger partial charge in [-0.05, 0) is 25.3 Å². The molecule has 2 rings (SSSR count). The minimum atomic E-state index is -0.344. The first kappa shape index (κ1) is 17.5. The molecule has 128 valence electrons. The van der Waals surface area contributed by atoms with Crippen LogP contribution in [-0.4, -0.2) is 45.9 Å². The lowest BCUT2D eigenvalue weighted by atomic mass is 9.97. The van der Waals surface area contributed by atoms with Crippen LogP contribution in [0, 0.1) is 11.8 Å². The van der Waals surface area contributed by atoms with Gasteiger partial charge in [-0.3, -0.25) is 14.5 Å². The topological polar surface area (TPSA) is 93.2 Å². The Hall–Kier alpha value is -1.89. The van der Waals surface area contributed by atoms with E-state index in [2.05, 4.69) is 28.7 Å². The summed E-state index contributed by atoms with van der Waals surface area (Å²) in [6.07, 6.45) is 5.36. The van der Waals surface area contributed by atoms with E-state index in [0.717, 1.165) is 31.6 Å². The number of nitrogens with two attached hydrogens (primary N) is 1. The molecule has 1 aromatic rings. The predicted octanol–water partition coefficient (Wildman–Crippen LogP) is 0.353. The molecule has 0 aliphatic carbocycles. The van der Waals surface area contributed by atoms with Crippen LogP contribution in [0.2, 0.25) is 0 Å². The fourth-order valence-corrected chi connectivity index (χ4v) is 3.01. The van der Waals surface area contributed by atoms with Crippen molar-refractivity contribution in [1.29, 1.82) is 0 Å². The zero-order valence-electron chi connectivity index (χ0n) is 14.0. The highest BCUT2D eigenvalue weighted by Gasteiger charge is 2.26. The van der Waals surface area contributed by atoms with Crippen LogP contribution in [0.25, 0.3) is 0 Å². The summed E-state index contributed by atoms with van der Waals surface area (Å²) >= 11 is 0. The molecule has 1 aromatic heterocycles. The Bertz CT molecular complexity index is 540. The average Bonchev–Trinajstić information content (AvgIpc) is 2.90. The van der Waals surface area contributed by atoms with Crippen molar-refractivity contribution in [3.05, 3.63) is 18.2 Å². The number of nitrogens with one attached hydrogen (secondary N) is 1. The lowest BCUT2D eigenvalue weighted by Crippen LogP contribution is -2.45. The van der Waals surface area contributed by atoms with Gasteiger partial charge in [0.2, 0.25) is 11.8 Å². The van der Waals surface area contributed by atoms with Crippen LogP contribution in [0.3, 0.4) is 0 Å². The number of aromatic nitrogens is 2. The lowest BCUT2D eigenvalue weighted by Gasteiger charge is -2.31. The quantitative estimate of drug-likeness (QED) is 0.758. The second kappa shape index (κ2) is 8.10. The van der Waals surface area contributed by atoms with Crippen LogP contribution in [0.5, 0.6) is 0 Å². The largest absolute Gasteiger partial charge is 0.369 e. The zero-order valence-corrected chi connectivity index (χ0v) is 14.0. The summed E-state index contributed by atoms with van der Waals surface area (Å²) in [5.41, 5.74) is 6.24. The van der Waals surface area contributed by atoms with E-state index >= 15 is 0 Å². The molecule has 1 aliphatic heterocycles. The van der Waals surface area contributed by atoms with Gasteiger partial charge in [0.15, 0.2) is 0 Å². The summed E-state index contributed by atoms with van der Waals surface area (Å²) in [4.78, 5) is 29.5. The maximum Gasteiger partial charge on any atom is 0.231 e. The maximum atomic E-state index is 12.4. The molecule has 2 amide bonds. The molecule has 1 aliphatic rings. The maximum absolute atomic E-state index is 12.4. The van der Waals surface area contributed by atoms with Gasteiger partial charge in [-0.1, -0.05) is 13.8 Å². The van der Waals surface area contributed by atoms with Crippen LogP contribution in [0.1, 0.15) is 32.4 Å². The highest BCUT2D eigenvalue weighted by atomic mass is 16.2. The summed E-state index contributed by atoms with van der Waals surface area (Å²) in [5, 5.41) is 3.00. The normalized spacial score (nSPS) is 19.0. The molecule has 0 saturated carbocycles. The van der Waals surface area contributed by atoms with Crippen LogP contribution in [-0.2, 0) is 22.7 Å². The number of likely N-dealkylation sites (tertiary alicyclic amines) is 1. The highest BCUT2D eigenvalue weighted by molar-refractivity contribution is 5.79. The average molecular weight is 321 g/mol. The van der Waals surface area contributed by atoms with E-state index < -0.39 is 0 Å². The third-order valence-corrected chi connectivity index (χ3v) is 4.06. The molecule has 7 heteroatoms. The number of carbonyl (C=O) groups is 2. The standard InChI is InChI=1S/C16H27N5O2/c1-12(2)8-21-11-18-6-14(21)7-19-16(23)13-4-3-5-20(9-13)10-15(17)22/h6,11-13H,3-5,7-10H2,1-2H3,(H2,17,22)(H,19,23)/t13-/m0/s1. The molecule has 0 unspecified atom stereocenters. The molecule has 3 N–H and O–H groups in total. The Morgan fingerprint density at radius 1 is 1.48 bits per heavy atom. The Morgan fingerprint density at radius 3 is 2.96 bits per heavy atom. The van der Waals surface area contributed by atoms with Crippen molar-refractivity contribution in [3.63, 3.8) is 0 Å². The molecule has 0 spiro atoms. The van der Waals surface area contributed by atoms with Crippen LogP contribution < -0.4 is 11.1 Å². The molecule has 1 atom stereocenters. The number of piperidine rings is 1. The van der Waals surface area contributed by atoms with Gasteiger partial charge < -0.3 is 15.6 Å². The summed E-state index contributed by atoms with van der Waals surface area (Å²) in [6.45, 7) is 7.33. The molecular formula is C16H27N5O2. The third kappa shape index (κ3) is 5.35. The van der Waals surface area contributed by atoms with Crippen LogP contribution in [0.15, 0.2) is 12.5 Å². The first-order valence-corrected chi connectivity index (χ1v) is 8.23. The fourth-order valence-electron chi connectivity index (χ4n) is 3.01. The number of carbonyl (C=O) groups excluding carboxylic acids is 2. The van der Waals surface area contributed by atoms with E-state index in [9.17, 15) is 9.59 Å². The number of nitrogens with zero attached hydrogens (tertiary/aromatic N) is 3. The Balaban J connectivity index is 1.85. The van der Waals surface area contributed by atoms with E-state index in [1.165, 1.54) is 0 Å². The smallest absolute Gasteiger partial charge is 0.231 e. The van der Waals surface area contributed by atoms with Crippen molar-refractivity contribution >= 4 is 11.8 Å². The second-order valence-corrected chi connectivity index (χ2v) is 6.69. The second-order valence-electron chi connectivity index (χ2n) is 6.69. The van der Waals surface area contributed by atoms with E-state index in [4.69, 9.17) is 5.73 Å². The lowest BCUT2D eigenvalue weighted by molar-refractivity contribution is -0.128. The summed E-state index contributed by atoms with van der Waals surface area (Å²) in [6, 6.07) is 0.